The summed E-state index contributed by atoms with van der Waals surface area (Å²) in [5, 5.41) is 0. The summed E-state index contributed by atoms with van der Waals surface area (Å²) in [5.41, 5.74) is 0.640. The summed E-state index contributed by atoms with van der Waals surface area (Å²) < 4.78 is 6.72. The summed E-state index contributed by atoms with van der Waals surface area (Å²) in [5.74, 6) is -0.177. The lowest BCUT2D eigenvalue weighted by Gasteiger charge is -2.51. The first-order valence-electron chi connectivity index (χ1n) is 6.95. The predicted molar refractivity (Wildman–Crippen MR) is 69.9 cm³/mol. The summed E-state index contributed by atoms with van der Waals surface area (Å²) in [6, 6.07) is 0.867. The number of piperidine rings is 1. The third-order valence-electron chi connectivity index (χ3n) is 5.36. The van der Waals surface area contributed by atoms with E-state index in [1.54, 1.807) is 6.08 Å². The Bertz CT molecular complexity index is 453. The number of esters is 1. The van der Waals surface area contributed by atoms with E-state index in [2.05, 4.69) is 33.0 Å². The van der Waals surface area contributed by atoms with Gasteiger partial charge in [0, 0.05) is 18.1 Å². The van der Waals surface area contributed by atoms with Gasteiger partial charge in [-0.25, -0.2) is 4.79 Å². The van der Waals surface area contributed by atoms with Gasteiger partial charge >= 0.3 is 5.97 Å². The first kappa shape index (κ1) is 12.0. The Balaban J connectivity index is 2.11. The Kier molecular flexibility index (Phi) is 2.46. The van der Waals surface area contributed by atoms with E-state index in [1.165, 1.54) is 19.4 Å². The second-order valence-electron chi connectivity index (χ2n) is 6.31. The van der Waals surface area contributed by atoms with Crippen LogP contribution in [0.5, 0.6) is 0 Å². The molecule has 3 aliphatic rings. The lowest BCUT2D eigenvalue weighted by atomic mass is 9.81. The topological polar surface area (TPSA) is 26.3 Å². The molecule has 0 radical (unpaired) electrons. The Morgan fingerprint density at radius 1 is 1.44 bits per heavy atom. The van der Waals surface area contributed by atoms with Gasteiger partial charge in [-0.3, -0.25) is 0 Å². The van der Waals surface area contributed by atoms with E-state index in [1.807, 2.05) is 0 Å². The highest BCUT2D eigenvalue weighted by Gasteiger charge is 2.56. The van der Waals surface area contributed by atoms with Crippen LogP contribution in [0.2, 0.25) is 0 Å². The third-order valence-corrected chi connectivity index (χ3v) is 5.36. The first-order chi connectivity index (χ1) is 8.47. The van der Waals surface area contributed by atoms with E-state index in [4.69, 9.17) is 4.74 Å². The highest BCUT2D eigenvalue weighted by Crippen LogP contribution is 2.44. The van der Waals surface area contributed by atoms with E-state index in [9.17, 15) is 4.79 Å². The van der Waals surface area contributed by atoms with Crippen LogP contribution in [0.25, 0.3) is 0 Å². The number of carbonyl (C=O) groups excluding carboxylic acids is 1. The van der Waals surface area contributed by atoms with Crippen molar-refractivity contribution in [1.29, 1.82) is 0 Å². The van der Waals surface area contributed by atoms with Crippen LogP contribution >= 0.6 is 0 Å². The van der Waals surface area contributed by atoms with Crippen molar-refractivity contribution in [3.63, 3.8) is 0 Å². The zero-order valence-corrected chi connectivity index (χ0v) is 11.5. The average Bonchev–Trinajstić information content (AvgIpc) is 2.58. The number of hydrogen-bond acceptors (Lipinski definition) is 2. The molecule has 0 amide bonds. The number of quaternary nitrogens is 1. The molecule has 0 spiro atoms. The van der Waals surface area contributed by atoms with E-state index in [-0.39, 0.29) is 5.97 Å². The number of nitrogens with zero attached hydrogens (tertiary/aromatic N) is 1. The molecule has 18 heavy (non-hydrogen) atoms. The van der Waals surface area contributed by atoms with E-state index >= 15 is 0 Å². The van der Waals surface area contributed by atoms with Gasteiger partial charge in [0.25, 0.3) is 0 Å². The summed E-state index contributed by atoms with van der Waals surface area (Å²) in [6.07, 6.45) is 9.69. The van der Waals surface area contributed by atoms with Gasteiger partial charge < -0.3 is 9.22 Å². The van der Waals surface area contributed by atoms with E-state index in [0.717, 1.165) is 16.5 Å². The fraction of sp³-hybridized carbons (Fsp3) is 0.667. The van der Waals surface area contributed by atoms with Gasteiger partial charge in [0.15, 0.2) is 5.60 Å². The van der Waals surface area contributed by atoms with E-state index in [0.29, 0.717) is 12.1 Å². The molecule has 4 atom stereocenters. The minimum Gasteiger partial charge on any atom is -0.445 e. The monoisotopic (exact) mass is 248 g/mol. The number of carbonyl (C=O) groups is 1. The van der Waals surface area contributed by atoms with Crippen molar-refractivity contribution in [1.82, 2.24) is 0 Å². The van der Waals surface area contributed by atoms with Gasteiger partial charge in [0.05, 0.1) is 13.6 Å². The molecule has 3 heteroatoms. The average molecular weight is 248 g/mol. The maximum atomic E-state index is 11.6. The van der Waals surface area contributed by atoms with E-state index < -0.39 is 5.60 Å². The molecule has 0 aromatic rings. The SMILES string of the molecule is C[C@H]1C=CC2=CC(=O)O[C@]2(C)[C@H]2CCCC[N+]21C. The number of fused-ring (bicyclic) bond motifs is 3. The molecular formula is C15H22NO2+. The number of hydrogen-bond donors (Lipinski definition) is 0. The van der Waals surface area contributed by atoms with Crippen molar-refractivity contribution in [2.75, 3.05) is 13.6 Å². The van der Waals surface area contributed by atoms with Crippen LogP contribution in [0.4, 0.5) is 0 Å². The molecule has 3 heterocycles. The molecule has 3 aliphatic heterocycles. The van der Waals surface area contributed by atoms with Crippen LogP contribution in [-0.2, 0) is 9.53 Å². The van der Waals surface area contributed by atoms with Crippen molar-refractivity contribution in [2.24, 2.45) is 0 Å². The molecule has 0 N–H and O–H groups in total. The Morgan fingerprint density at radius 2 is 2.22 bits per heavy atom. The lowest BCUT2D eigenvalue weighted by molar-refractivity contribution is -0.958. The molecule has 1 fully saturated rings. The summed E-state index contributed by atoms with van der Waals surface area (Å²) in [6.45, 7) is 5.55. The molecule has 0 aromatic heterocycles. The van der Waals surface area contributed by atoms with Crippen molar-refractivity contribution in [2.45, 2.75) is 50.8 Å². The fourth-order valence-electron chi connectivity index (χ4n) is 4.05. The van der Waals surface area contributed by atoms with Gasteiger partial charge in [-0.2, -0.15) is 0 Å². The van der Waals surface area contributed by atoms with Crippen LogP contribution in [0, 0.1) is 0 Å². The fourth-order valence-corrected chi connectivity index (χ4v) is 4.05. The van der Waals surface area contributed by atoms with Gasteiger partial charge in [0.2, 0.25) is 0 Å². The molecule has 3 rings (SSSR count). The zero-order valence-electron chi connectivity index (χ0n) is 11.5. The largest absolute Gasteiger partial charge is 0.445 e. The van der Waals surface area contributed by atoms with Crippen LogP contribution in [0.1, 0.15) is 33.1 Å². The van der Waals surface area contributed by atoms with Crippen LogP contribution in [-0.4, -0.2) is 41.7 Å². The molecule has 0 saturated carbocycles. The second kappa shape index (κ2) is 3.70. The highest BCUT2D eigenvalue weighted by molar-refractivity contribution is 5.87. The molecule has 1 unspecified atom stereocenters. The smallest absolute Gasteiger partial charge is 0.332 e. The van der Waals surface area contributed by atoms with Crippen LogP contribution in [0.3, 0.4) is 0 Å². The maximum Gasteiger partial charge on any atom is 0.332 e. The molecule has 3 nitrogen and oxygen atoms in total. The minimum absolute atomic E-state index is 0.177. The molecular weight excluding hydrogens is 226 g/mol. The molecule has 0 bridgehead atoms. The lowest BCUT2D eigenvalue weighted by Crippen LogP contribution is -2.66. The van der Waals surface area contributed by atoms with Gasteiger partial charge in [0.1, 0.15) is 12.1 Å². The third kappa shape index (κ3) is 1.43. The number of rotatable bonds is 0. The first-order valence-corrected chi connectivity index (χ1v) is 6.95. The van der Waals surface area contributed by atoms with Crippen molar-refractivity contribution >= 4 is 5.97 Å². The number of likely N-dealkylation sites (N-methyl/N-ethyl adjacent to an activating group) is 1. The summed E-state index contributed by atoms with van der Waals surface area (Å²) in [4.78, 5) is 11.6. The molecule has 1 saturated heterocycles. The van der Waals surface area contributed by atoms with Gasteiger partial charge in [-0.15, -0.1) is 0 Å². The zero-order chi connectivity index (χ0) is 13.0. The summed E-state index contributed by atoms with van der Waals surface area (Å²) >= 11 is 0. The van der Waals surface area contributed by atoms with Crippen molar-refractivity contribution in [3.8, 4) is 0 Å². The van der Waals surface area contributed by atoms with Crippen LogP contribution < -0.4 is 0 Å². The molecule has 0 aliphatic carbocycles. The predicted octanol–water partition coefficient (Wildman–Crippen LogP) is 2.19. The summed E-state index contributed by atoms with van der Waals surface area (Å²) in [7, 11) is 2.32. The Hall–Kier alpha value is -1.09. The van der Waals surface area contributed by atoms with Crippen LogP contribution in [0.15, 0.2) is 23.8 Å². The van der Waals surface area contributed by atoms with Crippen molar-refractivity contribution in [3.05, 3.63) is 23.8 Å². The highest BCUT2D eigenvalue weighted by atomic mass is 16.6. The molecule has 98 valence electrons. The number of ether oxygens (including phenoxy) is 1. The molecule has 0 aromatic carbocycles. The van der Waals surface area contributed by atoms with Gasteiger partial charge in [-0.1, -0.05) is 6.08 Å². The van der Waals surface area contributed by atoms with Gasteiger partial charge in [-0.05, 0) is 32.8 Å². The minimum atomic E-state index is -0.423. The Labute approximate surface area is 109 Å². The normalized spacial score (nSPS) is 46.8. The quantitative estimate of drug-likeness (QED) is 0.485. The Morgan fingerprint density at radius 3 is 3.00 bits per heavy atom. The maximum absolute atomic E-state index is 11.6. The standard InChI is InChI=1S/C15H22NO2/c1-11-7-8-12-10-14(17)18-15(12,2)13-6-4-5-9-16(11,13)3/h7-8,10-11,13H,4-6,9H2,1-3H3/q+1/t11-,13+,15-,16?/m0/s1. The second-order valence-corrected chi connectivity index (χ2v) is 6.31. The van der Waals surface area contributed by atoms with Crippen molar-refractivity contribution < 1.29 is 14.0 Å².